The van der Waals surface area contributed by atoms with Gasteiger partial charge in [0.05, 0.1) is 0 Å². The van der Waals surface area contributed by atoms with Gasteiger partial charge in [0.2, 0.25) is 0 Å². The fourth-order valence-electron chi connectivity index (χ4n) is 0.668. The van der Waals surface area contributed by atoms with Crippen LogP contribution in [0.25, 0.3) is 0 Å². The Kier molecular flexibility index (Phi) is 8.81. The number of hydrogen-bond donors (Lipinski definition) is 0. The summed E-state index contributed by atoms with van der Waals surface area (Å²) in [5, 5.41) is 0. The maximum atomic E-state index is 5.18. The molecule has 0 aliphatic rings. The summed E-state index contributed by atoms with van der Waals surface area (Å²) < 4.78 is 10.2. The Hall–Kier alpha value is 0.400. The van der Waals surface area contributed by atoms with Crippen LogP contribution >= 0.6 is 15.9 Å². The first-order chi connectivity index (χ1) is 5.27. The van der Waals surface area contributed by atoms with E-state index in [1.165, 1.54) is 0 Å². The van der Waals surface area contributed by atoms with Crippen molar-refractivity contribution in [3.05, 3.63) is 0 Å². The van der Waals surface area contributed by atoms with E-state index in [1.54, 1.807) is 0 Å². The summed E-state index contributed by atoms with van der Waals surface area (Å²) in [6.45, 7) is 6.07. The molecule has 2 nitrogen and oxygen atoms in total. The second-order valence-corrected chi connectivity index (χ2v) is 4.01. The third-order valence-corrected chi connectivity index (χ3v) is 1.72. The highest BCUT2D eigenvalue weighted by Crippen LogP contribution is 2.05. The zero-order valence-electron chi connectivity index (χ0n) is 7.31. The molecule has 11 heavy (non-hydrogen) atoms. The van der Waals surface area contributed by atoms with Gasteiger partial charge in [0.15, 0.2) is 0 Å². The first-order valence-electron chi connectivity index (χ1n) is 4.07. The smallest absolute Gasteiger partial charge is 0.146 e. The molecule has 0 N–H and O–H groups in total. The van der Waals surface area contributed by atoms with Crippen LogP contribution in [-0.4, -0.2) is 24.8 Å². The van der Waals surface area contributed by atoms with Crippen LogP contribution in [-0.2, 0) is 9.47 Å². The second-order valence-electron chi connectivity index (χ2n) is 2.44. The summed E-state index contributed by atoms with van der Waals surface area (Å²) in [5.41, 5.74) is 0. The van der Waals surface area contributed by atoms with Crippen LogP contribution in [0.5, 0.6) is 0 Å². The lowest BCUT2D eigenvalue weighted by atomic mass is 10.3. The van der Waals surface area contributed by atoms with Crippen molar-refractivity contribution in [2.24, 2.45) is 0 Å². The molecule has 0 aromatic carbocycles. The number of hydrogen-bond acceptors (Lipinski definition) is 2. The van der Waals surface area contributed by atoms with Gasteiger partial charge in [-0.2, -0.15) is 0 Å². The molecule has 1 unspecified atom stereocenters. The molecule has 0 bridgehead atoms. The van der Waals surface area contributed by atoms with Gasteiger partial charge in [0.1, 0.15) is 6.79 Å². The van der Waals surface area contributed by atoms with E-state index in [1.807, 2.05) is 6.92 Å². The van der Waals surface area contributed by atoms with Gasteiger partial charge >= 0.3 is 0 Å². The van der Waals surface area contributed by atoms with Crippen molar-refractivity contribution in [3.8, 4) is 0 Å². The largest absolute Gasteiger partial charge is 0.356 e. The minimum absolute atomic E-state index is 0.438. The molecular weight excluding hydrogens is 208 g/mol. The summed E-state index contributed by atoms with van der Waals surface area (Å²) in [7, 11) is 0. The lowest BCUT2D eigenvalue weighted by molar-refractivity contribution is -0.0500. The molecule has 0 saturated heterocycles. The SMILES string of the molecule is CCOCOCCCC(C)Br. The van der Waals surface area contributed by atoms with Crippen LogP contribution in [0, 0.1) is 0 Å². The molecule has 0 aromatic heterocycles. The minimum Gasteiger partial charge on any atom is -0.356 e. The summed E-state index contributed by atoms with van der Waals surface area (Å²) in [4.78, 5) is 0.596. The Morgan fingerprint density at radius 3 is 2.64 bits per heavy atom. The minimum atomic E-state index is 0.438. The van der Waals surface area contributed by atoms with Gasteiger partial charge in [0, 0.05) is 18.0 Å². The number of ether oxygens (including phenoxy) is 2. The number of rotatable bonds is 7. The molecule has 1 atom stereocenters. The molecule has 0 fully saturated rings. The van der Waals surface area contributed by atoms with Gasteiger partial charge in [-0.15, -0.1) is 0 Å². The van der Waals surface area contributed by atoms with Crippen LogP contribution in [0.4, 0.5) is 0 Å². The molecule has 0 aliphatic heterocycles. The maximum absolute atomic E-state index is 5.18. The molecule has 0 radical (unpaired) electrons. The second kappa shape index (κ2) is 8.50. The molecule has 0 aromatic rings. The number of alkyl halides is 1. The van der Waals surface area contributed by atoms with Crippen molar-refractivity contribution in [2.75, 3.05) is 20.0 Å². The molecule has 0 rings (SSSR count). The molecule has 0 heterocycles. The molecule has 3 heteroatoms. The van der Waals surface area contributed by atoms with Gasteiger partial charge < -0.3 is 9.47 Å². The standard InChI is InChI=1S/C8H17BrO2/c1-3-10-7-11-6-4-5-8(2)9/h8H,3-7H2,1-2H3. The van der Waals surface area contributed by atoms with E-state index in [-0.39, 0.29) is 0 Å². The summed E-state index contributed by atoms with van der Waals surface area (Å²) >= 11 is 3.47. The van der Waals surface area contributed by atoms with E-state index < -0.39 is 0 Å². The van der Waals surface area contributed by atoms with Gasteiger partial charge in [-0.05, 0) is 19.8 Å². The third-order valence-electron chi connectivity index (χ3n) is 1.26. The predicted octanol–water partition coefficient (Wildman–Crippen LogP) is 2.56. The van der Waals surface area contributed by atoms with Crippen molar-refractivity contribution in [1.82, 2.24) is 0 Å². The predicted molar refractivity (Wildman–Crippen MR) is 50.1 cm³/mol. The molecular formula is C8H17BrO2. The van der Waals surface area contributed by atoms with Crippen molar-refractivity contribution in [2.45, 2.75) is 31.5 Å². The molecule has 0 amide bonds. The zero-order chi connectivity index (χ0) is 8.53. The van der Waals surface area contributed by atoms with Crippen LogP contribution in [0.15, 0.2) is 0 Å². The molecule has 68 valence electrons. The summed E-state index contributed by atoms with van der Waals surface area (Å²) in [5.74, 6) is 0. The van der Waals surface area contributed by atoms with Crippen molar-refractivity contribution in [1.29, 1.82) is 0 Å². The topological polar surface area (TPSA) is 18.5 Å². The summed E-state index contributed by atoms with van der Waals surface area (Å²) in [6, 6.07) is 0. The molecule has 0 saturated carbocycles. The van der Waals surface area contributed by atoms with Crippen LogP contribution in [0.1, 0.15) is 26.7 Å². The van der Waals surface area contributed by atoms with Crippen LogP contribution < -0.4 is 0 Å². The Morgan fingerprint density at radius 2 is 2.09 bits per heavy atom. The van der Waals surface area contributed by atoms with E-state index in [2.05, 4.69) is 22.9 Å². The fraction of sp³-hybridized carbons (Fsp3) is 1.00. The zero-order valence-corrected chi connectivity index (χ0v) is 8.89. The quantitative estimate of drug-likeness (QED) is 0.376. The first kappa shape index (κ1) is 11.4. The van der Waals surface area contributed by atoms with Crippen molar-refractivity contribution in [3.63, 3.8) is 0 Å². The van der Waals surface area contributed by atoms with E-state index in [0.29, 0.717) is 11.6 Å². The van der Waals surface area contributed by atoms with Gasteiger partial charge in [-0.3, -0.25) is 0 Å². The monoisotopic (exact) mass is 224 g/mol. The van der Waals surface area contributed by atoms with Gasteiger partial charge in [0.25, 0.3) is 0 Å². The number of halogens is 1. The first-order valence-corrected chi connectivity index (χ1v) is 4.98. The lowest BCUT2D eigenvalue weighted by Crippen LogP contribution is -2.02. The van der Waals surface area contributed by atoms with E-state index in [0.717, 1.165) is 26.1 Å². The van der Waals surface area contributed by atoms with Crippen molar-refractivity contribution < 1.29 is 9.47 Å². The van der Waals surface area contributed by atoms with Gasteiger partial charge in [-0.25, -0.2) is 0 Å². The van der Waals surface area contributed by atoms with Crippen LogP contribution in [0.3, 0.4) is 0 Å². The maximum Gasteiger partial charge on any atom is 0.146 e. The average Bonchev–Trinajstić information content (AvgIpc) is 1.96. The van der Waals surface area contributed by atoms with Crippen LogP contribution in [0.2, 0.25) is 0 Å². The van der Waals surface area contributed by atoms with E-state index in [4.69, 9.17) is 9.47 Å². The highest BCUT2D eigenvalue weighted by atomic mass is 79.9. The Labute approximate surface area is 77.4 Å². The normalized spacial score (nSPS) is 13.4. The third kappa shape index (κ3) is 10.4. The van der Waals surface area contributed by atoms with Gasteiger partial charge in [-0.1, -0.05) is 22.9 Å². The lowest BCUT2D eigenvalue weighted by Gasteiger charge is -2.04. The fourth-order valence-corrected chi connectivity index (χ4v) is 0.992. The Bertz CT molecular complexity index is 76.5. The molecule has 0 aliphatic carbocycles. The van der Waals surface area contributed by atoms with E-state index >= 15 is 0 Å². The Balaban J connectivity index is 2.80. The van der Waals surface area contributed by atoms with E-state index in [9.17, 15) is 0 Å². The highest BCUT2D eigenvalue weighted by molar-refractivity contribution is 9.09. The Morgan fingerprint density at radius 1 is 1.36 bits per heavy atom. The highest BCUT2D eigenvalue weighted by Gasteiger charge is 1.94. The average molecular weight is 225 g/mol. The van der Waals surface area contributed by atoms with Crippen molar-refractivity contribution >= 4 is 15.9 Å². The molecule has 0 spiro atoms. The summed E-state index contributed by atoms with van der Waals surface area (Å²) in [6.07, 6.45) is 2.26.